The molecule has 1 aromatic carbocycles. The first-order valence-electron chi connectivity index (χ1n) is 4.11. The van der Waals surface area contributed by atoms with Crippen molar-refractivity contribution in [2.45, 2.75) is 0 Å². The van der Waals surface area contributed by atoms with Gasteiger partial charge in [-0.15, -0.1) is 0 Å². The van der Waals surface area contributed by atoms with Gasteiger partial charge in [0.1, 0.15) is 5.75 Å². The fraction of sp³-hybridized carbons (Fsp3) is 0.222. The van der Waals surface area contributed by atoms with Crippen molar-refractivity contribution in [1.82, 2.24) is 4.98 Å². The van der Waals surface area contributed by atoms with Crippen molar-refractivity contribution in [3.63, 3.8) is 0 Å². The van der Waals surface area contributed by atoms with Crippen molar-refractivity contribution in [1.29, 1.82) is 0 Å². The van der Waals surface area contributed by atoms with Crippen LogP contribution >= 0.6 is 15.9 Å². The van der Waals surface area contributed by atoms with Gasteiger partial charge in [-0.2, -0.15) is 0 Å². The standard InChI is InChI=1S/C9H8BrNO3/c10-3-4-13-6-1-2-8-7(5-6)11-9(12)14-8/h1-2,5H,3-4H2,(H,11,12). The van der Waals surface area contributed by atoms with Crippen LogP contribution in [0.5, 0.6) is 5.75 Å². The summed E-state index contributed by atoms with van der Waals surface area (Å²) in [7, 11) is 0. The lowest BCUT2D eigenvalue weighted by Gasteiger charge is -2.02. The molecule has 0 radical (unpaired) electrons. The number of H-pyrrole nitrogens is 1. The summed E-state index contributed by atoms with van der Waals surface area (Å²) in [6.07, 6.45) is 0. The highest BCUT2D eigenvalue weighted by Crippen LogP contribution is 2.17. The molecule has 4 nitrogen and oxygen atoms in total. The van der Waals surface area contributed by atoms with Crippen LogP contribution in [0.4, 0.5) is 0 Å². The highest BCUT2D eigenvalue weighted by Gasteiger charge is 2.01. The Morgan fingerprint density at radius 3 is 3.14 bits per heavy atom. The number of halogens is 1. The normalized spacial score (nSPS) is 10.6. The summed E-state index contributed by atoms with van der Waals surface area (Å²) < 4.78 is 10.2. The number of aromatic amines is 1. The second kappa shape index (κ2) is 3.88. The van der Waals surface area contributed by atoms with Gasteiger partial charge in [0.05, 0.1) is 12.1 Å². The van der Waals surface area contributed by atoms with Crippen LogP contribution < -0.4 is 10.5 Å². The Bertz CT molecular complexity index is 488. The lowest BCUT2D eigenvalue weighted by Crippen LogP contribution is -1.97. The SMILES string of the molecule is O=c1[nH]c2cc(OCCBr)ccc2o1. The van der Waals surface area contributed by atoms with E-state index in [1.54, 1.807) is 18.2 Å². The van der Waals surface area contributed by atoms with Crippen LogP contribution in [-0.4, -0.2) is 16.9 Å². The van der Waals surface area contributed by atoms with E-state index < -0.39 is 5.76 Å². The molecular weight excluding hydrogens is 250 g/mol. The van der Waals surface area contributed by atoms with E-state index in [4.69, 9.17) is 9.15 Å². The third-order valence-corrected chi connectivity index (χ3v) is 2.06. The summed E-state index contributed by atoms with van der Waals surface area (Å²) >= 11 is 3.26. The lowest BCUT2D eigenvalue weighted by atomic mass is 10.3. The third kappa shape index (κ3) is 1.82. The second-order valence-electron chi connectivity index (χ2n) is 2.71. The molecule has 0 saturated heterocycles. The fourth-order valence-corrected chi connectivity index (χ4v) is 1.34. The molecule has 1 aromatic heterocycles. The molecular formula is C9H8BrNO3. The quantitative estimate of drug-likeness (QED) is 0.855. The van der Waals surface area contributed by atoms with E-state index in [9.17, 15) is 4.79 Å². The van der Waals surface area contributed by atoms with Crippen molar-refractivity contribution in [2.24, 2.45) is 0 Å². The summed E-state index contributed by atoms with van der Waals surface area (Å²) in [6, 6.07) is 5.21. The van der Waals surface area contributed by atoms with Gasteiger partial charge in [0.25, 0.3) is 0 Å². The Hall–Kier alpha value is -1.23. The van der Waals surface area contributed by atoms with Crippen molar-refractivity contribution in [3.05, 3.63) is 28.7 Å². The molecule has 0 aliphatic carbocycles. The molecule has 1 N–H and O–H groups in total. The predicted octanol–water partition coefficient (Wildman–Crippen LogP) is 1.89. The van der Waals surface area contributed by atoms with Gasteiger partial charge < -0.3 is 9.15 Å². The minimum Gasteiger partial charge on any atom is -0.493 e. The van der Waals surface area contributed by atoms with Crippen LogP contribution in [0.3, 0.4) is 0 Å². The first kappa shape index (κ1) is 9.33. The number of rotatable bonds is 3. The minimum atomic E-state index is -0.447. The van der Waals surface area contributed by atoms with Gasteiger partial charge >= 0.3 is 5.76 Å². The van der Waals surface area contributed by atoms with Gasteiger partial charge in [-0.05, 0) is 12.1 Å². The monoisotopic (exact) mass is 257 g/mol. The number of hydrogen-bond acceptors (Lipinski definition) is 3. The van der Waals surface area contributed by atoms with Crippen LogP contribution in [0.15, 0.2) is 27.4 Å². The Kier molecular flexibility index (Phi) is 2.58. The topological polar surface area (TPSA) is 55.2 Å². The van der Waals surface area contributed by atoms with Crippen molar-refractivity contribution in [3.8, 4) is 5.75 Å². The molecule has 0 fully saturated rings. The first-order chi connectivity index (χ1) is 6.79. The molecule has 74 valence electrons. The van der Waals surface area contributed by atoms with Gasteiger partial charge in [0.15, 0.2) is 5.58 Å². The maximum Gasteiger partial charge on any atom is 0.417 e. The molecule has 0 spiro atoms. The molecule has 0 aliphatic heterocycles. The fourth-order valence-electron chi connectivity index (χ4n) is 1.18. The van der Waals surface area contributed by atoms with Gasteiger partial charge in [-0.1, -0.05) is 15.9 Å². The number of fused-ring (bicyclic) bond motifs is 1. The van der Waals surface area contributed by atoms with Crippen LogP contribution in [0.2, 0.25) is 0 Å². The molecule has 0 saturated carbocycles. The van der Waals surface area contributed by atoms with Crippen LogP contribution in [0.25, 0.3) is 11.1 Å². The number of hydrogen-bond donors (Lipinski definition) is 1. The number of alkyl halides is 1. The lowest BCUT2D eigenvalue weighted by molar-refractivity contribution is 0.345. The minimum absolute atomic E-state index is 0.447. The zero-order valence-corrected chi connectivity index (χ0v) is 8.83. The molecule has 0 amide bonds. The van der Waals surface area contributed by atoms with E-state index in [0.717, 1.165) is 5.33 Å². The number of oxazole rings is 1. The van der Waals surface area contributed by atoms with Gasteiger partial charge in [0.2, 0.25) is 0 Å². The van der Waals surface area contributed by atoms with Crippen LogP contribution in [0.1, 0.15) is 0 Å². The highest BCUT2D eigenvalue weighted by atomic mass is 79.9. The molecule has 2 rings (SSSR count). The van der Waals surface area contributed by atoms with Gasteiger partial charge in [-0.25, -0.2) is 4.79 Å². The molecule has 14 heavy (non-hydrogen) atoms. The van der Waals surface area contributed by atoms with E-state index >= 15 is 0 Å². The van der Waals surface area contributed by atoms with E-state index in [1.165, 1.54) is 0 Å². The van der Waals surface area contributed by atoms with E-state index in [-0.39, 0.29) is 0 Å². The maximum absolute atomic E-state index is 10.8. The van der Waals surface area contributed by atoms with Crippen LogP contribution in [0, 0.1) is 0 Å². The molecule has 5 heteroatoms. The number of aromatic nitrogens is 1. The molecule has 1 heterocycles. The number of ether oxygens (including phenoxy) is 1. The number of benzene rings is 1. The third-order valence-electron chi connectivity index (χ3n) is 1.74. The Balaban J connectivity index is 2.35. The average Bonchev–Trinajstić information content (AvgIpc) is 2.54. The molecule has 0 bridgehead atoms. The predicted molar refractivity (Wildman–Crippen MR) is 56.1 cm³/mol. The van der Waals surface area contributed by atoms with Crippen molar-refractivity contribution in [2.75, 3.05) is 11.9 Å². The Morgan fingerprint density at radius 2 is 2.36 bits per heavy atom. The van der Waals surface area contributed by atoms with E-state index in [0.29, 0.717) is 23.5 Å². The maximum atomic E-state index is 10.8. The second-order valence-corrected chi connectivity index (χ2v) is 3.50. The molecule has 0 unspecified atom stereocenters. The highest BCUT2D eigenvalue weighted by molar-refractivity contribution is 9.09. The van der Waals surface area contributed by atoms with Gasteiger partial charge in [-0.3, -0.25) is 4.98 Å². The molecule has 2 aromatic rings. The first-order valence-corrected chi connectivity index (χ1v) is 5.23. The van der Waals surface area contributed by atoms with Gasteiger partial charge in [0, 0.05) is 11.4 Å². The smallest absolute Gasteiger partial charge is 0.417 e. The molecule has 0 aliphatic rings. The Labute approximate surface area is 88.0 Å². The average molecular weight is 258 g/mol. The molecule has 0 atom stereocenters. The summed E-state index contributed by atoms with van der Waals surface area (Å²) in [5.41, 5.74) is 1.20. The number of nitrogens with one attached hydrogen (secondary N) is 1. The summed E-state index contributed by atoms with van der Waals surface area (Å²) in [6.45, 7) is 0.591. The summed E-state index contributed by atoms with van der Waals surface area (Å²) in [4.78, 5) is 13.4. The van der Waals surface area contributed by atoms with Crippen LogP contribution in [-0.2, 0) is 0 Å². The van der Waals surface area contributed by atoms with Crippen molar-refractivity contribution < 1.29 is 9.15 Å². The zero-order chi connectivity index (χ0) is 9.97. The Morgan fingerprint density at radius 1 is 1.50 bits per heavy atom. The summed E-state index contributed by atoms with van der Waals surface area (Å²) in [5, 5.41) is 0.771. The zero-order valence-electron chi connectivity index (χ0n) is 7.25. The van der Waals surface area contributed by atoms with E-state index in [1.807, 2.05) is 0 Å². The van der Waals surface area contributed by atoms with E-state index in [2.05, 4.69) is 20.9 Å². The summed E-state index contributed by atoms with van der Waals surface area (Å²) in [5.74, 6) is 0.270. The largest absolute Gasteiger partial charge is 0.493 e. The van der Waals surface area contributed by atoms with Crippen molar-refractivity contribution >= 4 is 27.0 Å².